The van der Waals surface area contributed by atoms with Crippen LogP contribution < -0.4 is 10.9 Å². The molecule has 0 unspecified atom stereocenters. The number of rotatable bonds is 7. The van der Waals surface area contributed by atoms with Crippen LogP contribution in [0.4, 0.5) is 0 Å². The fourth-order valence-corrected chi connectivity index (χ4v) is 2.15. The third-order valence-electron chi connectivity index (χ3n) is 3.35. The number of nitrogens with zero attached hydrogens (tertiary/aromatic N) is 1. The Hall–Kier alpha value is -2.96. The zero-order valence-corrected chi connectivity index (χ0v) is 13.4. The molecule has 0 saturated heterocycles. The van der Waals surface area contributed by atoms with Gasteiger partial charge in [-0.1, -0.05) is 18.2 Å². The van der Waals surface area contributed by atoms with Crippen LogP contribution in [-0.4, -0.2) is 35.5 Å². The number of hydrogen-bond donors (Lipinski definition) is 2. The Kier molecular flexibility index (Phi) is 6.24. The maximum absolute atomic E-state index is 11.9. The van der Waals surface area contributed by atoms with Gasteiger partial charge in [0.1, 0.15) is 5.82 Å². The summed E-state index contributed by atoms with van der Waals surface area (Å²) < 4.78 is 4.44. The number of esters is 1. The lowest BCUT2D eigenvalue weighted by Gasteiger charge is -2.04. The van der Waals surface area contributed by atoms with E-state index in [4.69, 9.17) is 0 Å². The number of benzene rings is 1. The van der Waals surface area contributed by atoms with E-state index >= 15 is 0 Å². The van der Waals surface area contributed by atoms with Crippen LogP contribution in [0.25, 0.3) is 10.9 Å². The summed E-state index contributed by atoms with van der Waals surface area (Å²) in [5.74, 6) is -0.0275. The van der Waals surface area contributed by atoms with Crippen molar-refractivity contribution in [3.05, 3.63) is 52.6 Å². The Morgan fingerprint density at radius 3 is 2.92 bits per heavy atom. The molecule has 0 aliphatic heterocycles. The van der Waals surface area contributed by atoms with E-state index in [-0.39, 0.29) is 18.0 Å². The average Bonchev–Trinajstić information content (AvgIpc) is 2.58. The number of aryl methyl sites for hydroxylation is 1. The van der Waals surface area contributed by atoms with Gasteiger partial charge < -0.3 is 15.0 Å². The molecule has 2 aromatic rings. The van der Waals surface area contributed by atoms with Crippen LogP contribution in [0.5, 0.6) is 0 Å². The highest BCUT2D eigenvalue weighted by Gasteiger charge is 2.05. The van der Waals surface area contributed by atoms with E-state index < -0.39 is 5.97 Å². The van der Waals surface area contributed by atoms with E-state index in [1.165, 1.54) is 19.3 Å². The molecule has 0 aliphatic rings. The number of carbonyl (C=O) groups is 2. The Morgan fingerprint density at radius 2 is 2.12 bits per heavy atom. The van der Waals surface area contributed by atoms with Crippen LogP contribution in [0.3, 0.4) is 0 Å². The third-order valence-corrected chi connectivity index (χ3v) is 3.35. The molecule has 24 heavy (non-hydrogen) atoms. The van der Waals surface area contributed by atoms with Gasteiger partial charge in [0.25, 0.3) is 5.56 Å². The molecular weight excluding hydrogens is 310 g/mol. The van der Waals surface area contributed by atoms with E-state index in [1.807, 2.05) is 6.07 Å². The molecule has 1 heterocycles. The monoisotopic (exact) mass is 329 g/mol. The molecule has 2 N–H and O–H groups in total. The summed E-state index contributed by atoms with van der Waals surface area (Å²) in [7, 11) is 1.29. The summed E-state index contributed by atoms with van der Waals surface area (Å²) in [6.07, 6.45) is 4.15. The van der Waals surface area contributed by atoms with Crippen molar-refractivity contribution in [3.8, 4) is 0 Å². The van der Waals surface area contributed by atoms with Gasteiger partial charge in [0.15, 0.2) is 0 Å². The molecular formula is C17H19N3O4. The van der Waals surface area contributed by atoms with Gasteiger partial charge in [0, 0.05) is 25.5 Å². The van der Waals surface area contributed by atoms with Crippen molar-refractivity contribution in [1.82, 2.24) is 15.3 Å². The Bertz CT molecular complexity index is 811. The van der Waals surface area contributed by atoms with Crippen LogP contribution in [0, 0.1) is 0 Å². The van der Waals surface area contributed by atoms with Crippen molar-refractivity contribution in [1.29, 1.82) is 0 Å². The normalized spacial score (nSPS) is 10.9. The number of aromatic nitrogens is 2. The van der Waals surface area contributed by atoms with Crippen molar-refractivity contribution in [3.63, 3.8) is 0 Å². The number of fused-ring (bicyclic) bond motifs is 1. The first-order valence-electron chi connectivity index (χ1n) is 7.59. The minimum Gasteiger partial charge on any atom is -0.466 e. The van der Waals surface area contributed by atoms with E-state index in [0.717, 1.165) is 0 Å². The largest absolute Gasteiger partial charge is 0.466 e. The van der Waals surface area contributed by atoms with Gasteiger partial charge in [-0.3, -0.25) is 9.59 Å². The third kappa shape index (κ3) is 5.05. The molecule has 7 heteroatoms. The van der Waals surface area contributed by atoms with Crippen molar-refractivity contribution in [2.45, 2.75) is 19.3 Å². The Labute approximate surface area is 138 Å². The maximum Gasteiger partial charge on any atom is 0.330 e. The van der Waals surface area contributed by atoms with E-state index in [0.29, 0.717) is 36.0 Å². The number of para-hydroxylation sites is 1. The van der Waals surface area contributed by atoms with E-state index in [2.05, 4.69) is 20.0 Å². The first-order valence-corrected chi connectivity index (χ1v) is 7.59. The molecule has 7 nitrogen and oxygen atoms in total. The second-order valence-electron chi connectivity index (χ2n) is 5.11. The Morgan fingerprint density at radius 1 is 1.33 bits per heavy atom. The van der Waals surface area contributed by atoms with Crippen molar-refractivity contribution < 1.29 is 14.3 Å². The van der Waals surface area contributed by atoms with Crippen molar-refractivity contribution in [2.24, 2.45) is 0 Å². The molecule has 0 atom stereocenters. The Balaban J connectivity index is 1.80. The SMILES string of the molecule is COC(=O)/C=C/CNC(=O)CCCc1nc2ccccc2c(=O)[nH]1. The molecule has 0 saturated carbocycles. The van der Waals surface area contributed by atoms with Crippen LogP contribution >= 0.6 is 0 Å². The van der Waals surface area contributed by atoms with E-state index in [1.54, 1.807) is 18.2 Å². The fourth-order valence-electron chi connectivity index (χ4n) is 2.15. The standard InChI is InChI=1S/C17H19N3O4/c1-24-16(22)10-5-11-18-15(21)9-4-8-14-19-13-7-3-2-6-12(13)17(23)20-14/h2-3,5-7,10H,4,8-9,11H2,1H3,(H,18,21)(H,19,20,23)/b10-5+. The van der Waals surface area contributed by atoms with Crippen LogP contribution in [-0.2, 0) is 20.7 Å². The number of hydrogen-bond acceptors (Lipinski definition) is 5. The fraction of sp³-hybridized carbons (Fsp3) is 0.294. The van der Waals surface area contributed by atoms with Crippen molar-refractivity contribution >= 4 is 22.8 Å². The molecule has 0 radical (unpaired) electrons. The second kappa shape index (κ2) is 8.61. The number of methoxy groups -OCH3 is 1. The van der Waals surface area contributed by atoms with Crippen molar-refractivity contribution in [2.75, 3.05) is 13.7 Å². The molecule has 1 aromatic carbocycles. The van der Waals surface area contributed by atoms with Gasteiger partial charge in [0.2, 0.25) is 5.91 Å². The van der Waals surface area contributed by atoms with Crippen LogP contribution in [0.15, 0.2) is 41.2 Å². The zero-order valence-electron chi connectivity index (χ0n) is 13.4. The summed E-state index contributed by atoms with van der Waals surface area (Å²) in [4.78, 5) is 41.6. The van der Waals surface area contributed by atoms with Crippen LogP contribution in [0.2, 0.25) is 0 Å². The minimum atomic E-state index is -0.462. The molecule has 0 aliphatic carbocycles. The first kappa shape index (κ1) is 17.4. The van der Waals surface area contributed by atoms with Gasteiger partial charge in [-0.25, -0.2) is 9.78 Å². The quantitative estimate of drug-likeness (QED) is 0.585. The zero-order chi connectivity index (χ0) is 17.4. The van der Waals surface area contributed by atoms with Gasteiger partial charge in [-0.15, -0.1) is 0 Å². The highest BCUT2D eigenvalue weighted by Crippen LogP contribution is 2.07. The number of H-pyrrole nitrogens is 1. The number of aromatic amines is 1. The lowest BCUT2D eigenvalue weighted by molar-refractivity contribution is -0.134. The smallest absolute Gasteiger partial charge is 0.330 e. The lowest BCUT2D eigenvalue weighted by Crippen LogP contribution is -2.23. The predicted octanol–water partition coefficient (Wildman–Crippen LogP) is 1.09. The highest BCUT2D eigenvalue weighted by atomic mass is 16.5. The molecule has 1 aromatic heterocycles. The van der Waals surface area contributed by atoms with Crippen LogP contribution in [0.1, 0.15) is 18.7 Å². The number of ether oxygens (including phenoxy) is 1. The van der Waals surface area contributed by atoms with Gasteiger partial charge >= 0.3 is 5.97 Å². The summed E-state index contributed by atoms with van der Waals surface area (Å²) in [6.45, 7) is 0.263. The predicted molar refractivity (Wildman–Crippen MR) is 89.5 cm³/mol. The highest BCUT2D eigenvalue weighted by molar-refractivity contribution is 5.82. The lowest BCUT2D eigenvalue weighted by atomic mass is 10.2. The molecule has 0 bridgehead atoms. The summed E-state index contributed by atoms with van der Waals surface area (Å²) in [5.41, 5.74) is 0.474. The van der Waals surface area contributed by atoms with Gasteiger partial charge in [-0.05, 0) is 18.6 Å². The van der Waals surface area contributed by atoms with E-state index in [9.17, 15) is 14.4 Å². The number of carbonyl (C=O) groups excluding carboxylic acids is 2. The van der Waals surface area contributed by atoms with Gasteiger partial charge in [-0.2, -0.15) is 0 Å². The summed E-state index contributed by atoms with van der Waals surface area (Å²) in [6, 6.07) is 7.13. The molecule has 126 valence electrons. The van der Waals surface area contributed by atoms with Gasteiger partial charge in [0.05, 0.1) is 18.0 Å². The summed E-state index contributed by atoms with van der Waals surface area (Å²) >= 11 is 0. The molecule has 1 amide bonds. The first-order chi connectivity index (χ1) is 11.6. The summed E-state index contributed by atoms with van der Waals surface area (Å²) in [5, 5.41) is 3.22. The minimum absolute atomic E-state index is 0.132. The number of nitrogens with one attached hydrogen (secondary N) is 2. The second-order valence-corrected chi connectivity index (χ2v) is 5.11. The average molecular weight is 329 g/mol. The molecule has 2 rings (SSSR count). The molecule has 0 fully saturated rings. The number of amides is 1. The molecule has 0 spiro atoms. The maximum atomic E-state index is 11.9. The topological polar surface area (TPSA) is 101 Å².